The van der Waals surface area contributed by atoms with E-state index >= 15 is 0 Å². The molecule has 0 amide bonds. The Kier molecular flexibility index (Phi) is 3.44. The number of halogens is 1. The maximum Gasteiger partial charge on any atom is 0.129 e. The molecular formula is C16H13ClN2O. The first kappa shape index (κ1) is 12.8. The van der Waals surface area contributed by atoms with E-state index in [-0.39, 0.29) is 0 Å². The van der Waals surface area contributed by atoms with E-state index in [1.165, 1.54) is 0 Å². The Labute approximate surface area is 122 Å². The lowest BCUT2D eigenvalue weighted by atomic mass is 10.2. The zero-order valence-corrected chi connectivity index (χ0v) is 11.5. The van der Waals surface area contributed by atoms with E-state index in [4.69, 9.17) is 22.1 Å². The maximum atomic E-state index is 6.13. The summed E-state index contributed by atoms with van der Waals surface area (Å²) in [6.07, 6.45) is 1.76. The van der Waals surface area contributed by atoms with Crippen LogP contribution in [0.25, 0.3) is 10.9 Å². The zero-order chi connectivity index (χ0) is 13.9. The third kappa shape index (κ3) is 2.53. The molecule has 0 unspecified atom stereocenters. The number of nitrogens with zero attached hydrogens (tertiary/aromatic N) is 1. The summed E-state index contributed by atoms with van der Waals surface area (Å²) in [5.74, 6) is 0.786. The SMILES string of the molecule is Nc1ccc(Cl)c(COc2cccc3ncccc23)c1. The number of nitrogen functional groups attached to an aromatic ring is 1. The number of nitrogens with two attached hydrogens (primary N) is 1. The van der Waals surface area contributed by atoms with E-state index in [1.54, 1.807) is 18.3 Å². The first-order valence-electron chi connectivity index (χ1n) is 6.24. The first-order valence-corrected chi connectivity index (χ1v) is 6.62. The van der Waals surface area contributed by atoms with Crippen LogP contribution in [0.15, 0.2) is 54.7 Å². The van der Waals surface area contributed by atoms with Gasteiger partial charge in [0.1, 0.15) is 12.4 Å². The summed E-state index contributed by atoms with van der Waals surface area (Å²) in [6.45, 7) is 0.373. The van der Waals surface area contributed by atoms with Crippen molar-refractivity contribution in [3.8, 4) is 5.75 Å². The smallest absolute Gasteiger partial charge is 0.129 e. The van der Waals surface area contributed by atoms with Crippen LogP contribution in [0.2, 0.25) is 5.02 Å². The third-order valence-electron chi connectivity index (χ3n) is 3.06. The second-order valence-corrected chi connectivity index (χ2v) is 4.87. The molecule has 1 heterocycles. The molecule has 0 fully saturated rings. The number of benzene rings is 2. The lowest BCUT2D eigenvalue weighted by molar-refractivity contribution is 0.310. The van der Waals surface area contributed by atoms with Gasteiger partial charge in [-0.3, -0.25) is 4.98 Å². The molecule has 1 aromatic heterocycles. The van der Waals surface area contributed by atoms with Crippen molar-refractivity contribution in [1.82, 2.24) is 4.98 Å². The monoisotopic (exact) mass is 284 g/mol. The number of aromatic nitrogens is 1. The Morgan fingerprint density at radius 2 is 2.00 bits per heavy atom. The summed E-state index contributed by atoms with van der Waals surface area (Å²) >= 11 is 6.13. The fourth-order valence-corrected chi connectivity index (χ4v) is 2.23. The molecule has 2 aromatic carbocycles. The predicted octanol–water partition coefficient (Wildman–Crippen LogP) is 4.05. The molecule has 3 aromatic rings. The molecule has 0 aliphatic carbocycles. The van der Waals surface area contributed by atoms with E-state index in [9.17, 15) is 0 Å². The largest absolute Gasteiger partial charge is 0.488 e. The maximum absolute atomic E-state index is 6.13. The van der Waals surface area contributed by atoms with E-state index in [0.29, 0.717) is 17.3 Å². The molecule has 0 saturated carbocycles. The van der Waals surface area contributed by atoms with Crippen molar-refractivity contribution in [2.75, 3.05) is 5.73 Å². The average molecular weight is 285 g/mol. The molecule has 0 spiro atoms. The molecule has 0 atom stereocenters. The summed E-state index contributed by atoms with van der Waals surface area (Å²) in [7, 11) is 0. The molecule has 4 heteroatoms. The molecule has 0 saturated heterocycles. The van der Waals surface area contributed by atoms with Crippen LogP contribution in [-0.2, 0) is 6.61 Å². The molecule has 0 aliphatic rings. The number of ether oxygens (including phenoxy) is 1. The van der Waals surface area contributed by atoms with Gasteiger partial charge in [0.15, 0.2) is 0 Å². The van der Waals surface area contributed by atoms with Gasteiger partial charge in [0, 0.05) is 27.9 Å². The van der Waals surface area contributed by atoms with E-state index in [0.717, 1.165) is 22.2 Å². The highest BCUT2D eigenvalue weighted by Crippen LogP contribution is 2.26. The van der Waals surface area contributed by atoms with Crippen LogP contribution in [0.5, 0.6) is 5.75 Å². The van der Waals surface area contributed by atoms with Gasteiger partial charge in [-0.25, -0.2) is 0 Å². The van der Waals surface area contributed by atoms with E-state index in [2.05, 4.69) is 4.98 Å². The second kappa shape index (κ2) is 5.39. The Morgan fingerprint density at radius 1 is 1.10 bits per heavy atom. The minimum absolute atomic E-state index is 0.373. The van der Waals surface area contributed by atoms with Gasteiger partial charge in [0.05, 0.1) is 5.52 Å². The summed E-state index contributed by atoms with van der Waals surface area (Å²) in [4.78, 5) is 4.30. The minimum Gasteiger partial charge on any atom is -0.488 e. The average Bonchev–Trinajstić information content (AvgIpc) is 2.48. The number of hydrogen-bond acceptors (Lipinski definition) is 3. The molecule has 2 N–H and O–H groups in total. The molecule has 0 radical (unpaired) electrons. The number of fused-ring (bicyclic) bond motifs is 1. The van der Waals surface area contributed by atoms with E-state index < -0.39 is 0 Å². The van der Waals surface area contributed by atoms with Gasteiger partial charge in [-0.2, -0.15) is 0 Å². The van der Waals surface area contributed by atoms with Gasteiger partial charge in [-0.15, -0.1) is 0 Å². The van der Waals surface area contributed by atoms with Crippen LogP contribution >= 0.6 is 11.6 Å². The fraction of sp³-hybridized carbons (Fsp3) is 0.0625. The highest BCUT2D eigenvalue weighted by Gasteiger charge is 2.05. The summed E-state index contributed by atoms with van der Waals surface area (Å²) in [5, 5.41) is 1.63. The molecule has 3 rings (SSSR count). The minimum atomic E-state index is 0.373. The van der Waals surface area contributed by atoms with Crippen molar-refractivity contribution in [1.29, 1.82) is 0 Å². The van der Waals surface area contributed by atoms with Crippen LogP contribution in [0, 0.1) is 0 Å². The van der Waals surface area contributed by atoms with Gasteiger partial charge >= 0.3 is 0 Å². The van der Waals surface area contributed by atoms with Crippen molar-refractivity contribution < 1.29 is 4.74 Å². The number of pyridine rings is 1. The van der Waals surface area contributed by atoms with Gasteiger partial charge < -0.3 is 10.5 Å². The number of anilines is 1. The Balaban J connectivity index is 1.89. The second-order valence-electron chi connectivity index (χ2n) is 4.47. The van der Waals surface area contributed by atoms with Gasteiger partial charge in [-0.1, -0.05) is 17.7 Å². The number of rotatable bonds is 3. The normalized spacial score (nSPS) is 10.7. The van der Waals surface area contributed by atoms with Gasteiger partial charge in [-0.05, 0) is 42.5 Å². The highest BCUT2D eigenvalue weighted by molar-refractivity contribution is 6.31. The molecule has 100 valence electrons. The van der Waals surface area contributed by atoms with Crippen LogP contribution in [-0.4, -0.2) is 4.98 Å². The van der Waals surface area contributed by atoms with Crippen molar-refractivity contribution in [2.45, 2.75) is 6.61 Å². The van der Waals surface area contributed by atoms with Gasteiger partial charge in [0.2, 0.25) is 0 Å². The molecule has 0 bridgehead atoms. The van der Waals surface area contributed by atoms with Crippen molar-refractivity contribution in [2.24, 2.45) is 0 Å². The van der Waals surface area contributed by atoms with Crippen LogP contribution < -0.4 is 10.5 Å². The van der Waals surface area contributed by atoms with Crippen molar-refractivity contribution in [3.63, 3.8) is 0 Å². The standard InChI is InChI=1S/C16H13ClN2O/c17-14-7-6-12(18)9-11(14)10-20-16-5-1-4-15-13(16)3-2-8-19-15/h1-9H,10,18H2. The summed E-state index contributed by atoms with van der Waals surface area (Å²) in [6, 6.07) is 15.0. The quantitative estimate of drug-likeness (QED) is 0.738. The molecule has 0 aliphatic heterocycles. The summed E-state index contributed by atoms with van der Waals surface area (Å²) in [5.41, 5.74) is 8.21. The fourth-order valence-electron chi connectivity index (χ4n) is 2.06. The van der Waals surface area contributed by atoms with Gasteiger partial charge in [0.25, 0.3) is 0 Å². The Hall–Kier alpha value is -2.26. The lowest BCUT2D eigenvalue weighted by Gasteiger charge is -2.10. The Bertz CT molecular complexity index is 753. The Morgan fingerprint density at radius 3 is 2.90 bits per heavy atom. The van der Waals surface area contributed by atoms with Crippen molar-refractivity contribution >= 4 is 28.2 Å². The van der Waals surface area contributed by atoms with Crippen LogP contribution in [0.3, 0.4) is 0 Å². The van der Waals surface area contributed by atoms with E-state index in [1.807, 2.05) is 36.4 Å². The van der Waals surface area contributed by atoms with Crippen LogP contribution in [0.4, 0.5) is 5.69 Å². The zero-order valence-electron chi connectivity index (χ0n) is 10.7. The third-order valence-corrected chi connectivity index (χ3v) is 3.43. The summed E-state index contributed by atoms with van der Waals surface area (Å²) < 4.78 is 5.86. The predicted molar refractivity (Wildman–Crippen MR) is 81.9 cm³/mol. The lowest BCUT2D eigenvalue weighted by Crippen LogP contribution is -1.98. The molecule has 20 heavy (non-hydrogen) atoms. The van der Waals surface area contributed by atoms with Crippen molar-refractivity contribution in [3.05, 3.63) is 65.3 Å². The molecular weight excluding hydrogens is 272 g/mol. The molecule has 3 nitrogen and oxygen atoms in total. The van der Waals surface area contributed by atoms with Crippen LogP contribution in [0.1, 0.15) is 5.56 Å². The highest BCUT2D eigenvalue weighted by atomic mass is 35.5. The number of hydrogen-bond donors (Lipinski definition) is 1. The first-order chi connectivity index (χ1) is 9.74. The topological polar surface area (TPSA) is 48.1 Å².